The summed E-state index contributed by atoms with van der Waals surface area (Å²) < 4.78 is 0. The molecule has 88 valence electrons. The summed E-state index contributed by atoms with van der Waals surface area (Å²) in [6.07, 6.45) is 4.15. The molecule has 0 radical (unpaired) electrons. The molecule has 1 aromatic rings. The molecule has 2 N–H and O–H groups in total. The maximum atomic E-state index is 10.5. The number of unbranched alkanes of at least 4 members (excludes halogenated alkanes) is 1. The Morgan fingerprint density at radius 1 is 1.25 bits per heavy atom. The van der Waals surface area contributed by atoms with Crippen LogP contribution in [0.15, 0.2) is 30.6 Å². The number of hydrogen-bond acceptors (Lipinski definition) is 3. The lowest BCUT2D eigenvalue weighted by atomic mass is 10.2. The van der Waals surface area contributed by atoms with Gasteiger partial charge in [-0.25, -0.2) is 4.79 Å². The van der Waals surface area contributed by atoms with E-state index in [9.17, 15) is 9.59 Å². The van der Waals surface area contributed by atoms with Crippen LogP contribution in [-0.2, 0) is 4.79 Å². The van der Waals surface area contributed by atoms with Gasteiger partial charge in [0, 0.05) is 18.8 Å². The van der Waals surface area contributed by atoms with Crippen LogP contribution in [0.1, 0.15) is 26.2 Å². The van der Waals surface area contributed by atoms with Gasteiger partial charge >= 0.3 is 6.09 Å². The van der Waals surface area contributed by atoms with E-state index in [-0.39, 0.29) is 0 Å². The number of aromatic nitrogens is 1. The molecule has 0 saturated carbocycles. The average Bonchev–Trinajstić information content (AvgIpc) is 2.29. The van der Waals surface area contributed by atoms with Crippen molar-refractivity contribution in [2.75, 3.05) is 0 Å². The average molecular weight is 224 g/mol. The number of amides is 2. The number of hydrogen-bond donors (Lipinski definition) is 2. The molecule has 5 heteroatoms. The largest absolute Gasteiger partial charge is 0.465 e. The number of nitrogens with zero attached hydrogens (tertiary/aromatic N) is 1. The second-order valence-electron chi connectivity index (χ2n) is 2.98. The molecular weight excluding hydrogens is 208 g/mol. The van der Waals surface area contributed by atoms with Crippen molar-refractivity contribution >= 4 is 12.0 Å². The van der Waals surface area contributed by atoms with Gasteiger partial charge < -0.3 is 5.11 Å². The Bertz CT molecular complexity index is 275. The van der Waals surface area contributed by atoms with Crippen LogP contribution < -0.4 is 5.32 Å². The monoisotopic (exact) mass is 224 g/mol. The van der Waals surface area contributed by atoms with Gasteiger partial charge in [0.25, 0.3) is 0 Å². The zero-order chi connectivity index (χ0) is 12.2. The number of rotatable bonds is 3. The van der Waals surface area contributed by atoms with Gasteiger partial charge in [0.1, 0.15) is 0 Å². The Morgan fingerprint density at radius 3 is 2.19 bits per heavy atom. The van der Waals surface area contributed by atoms with Crippen molar-refractivity contribution in [3.05, 3.63) is 30.6 Å². The highest BCUT2D eigenvalue weighted by molar-refractivity contribution is 5.90. The highest BCUT2D eigenvalue weighted by Gasteiger charge is 2.02. The zero-order valence-corrected chi connectivity index (χ0v) is 9.22. The topological polar surface area (TPSA) is 79.3 Å². The van der Waals surface area contributed by atoms with Crippen molar-refractivity contribution in [1.29, 1.82) is 0 Å². The molecule has 0 atom stereocenters. The van der Waals surface area contributed by atoms with Crippen LogP contribution in [0.4, 0.5) is 4.79 Å². The third-order valence-corrected chi connectivity index (χ3v) is 1.57. The molecule has 16 heavy (non-hydrogen) atoms. The fraction of sp³-hybridized carbons (Fsp3) is 0.364. The van der Waals surface area contributed by atoms with E-state index >= 15 is 0 Å². The highest BCUT2D eigenvalue weighted by atomic mass is 16.4. The third-order valence-electron chi connectivity index (χ3n) is 1.57. The van der Waals surface area contributed by atoms with Crippen molar-refractivity contribution in [1.82, 2.24) is 10.3 Å². The summed E-state index contributed by atoms with van der Waals surface area (Å²) in [5.74, 6) is -0.422. The SMILES string of the molecule is CCCCC(=O)NC(=O)O.c1ccncc1. The van der Waals surface area contributed by atoms with E-state index in [1.807, 2.05) is 25.1 Å². The lowest BCUT2D eigenvalue weighted by Crippen LogP contribution is -2.28. The third kappa shape index (κ3) is 10.2. The summed E-state index contributed by atoms with van der Waals surface area (Å²) in [6.45, 7) is 1.94. The molecule has 0 aliphatic rings. The lowest BCUT2D eigenvalue weighted by Gasteiger charge is -1.96. The van der Waals surface area contributed by atoms with Gasteiger partial charge in [0.05, 0.1) is 0 Å². The molecule has 1 aromatic heterocycles. The van der Waals surface area contributed by atoms with Crippen molar-refractivity contribution in [2.24, 2.45) is 0 Å². The van der Waals surface area contributed by atoms with E-state index in [1.165, 1.54) is 0 Å². The first-order valence-electron chi connectivity index (χ1n) is 5.04. The van der Waals surface area contributed by atoms with E-state index in [0.717, 1.165) is 12.8 Å². The number of nitrogens with one attached hydrogen (secondary N) is 1. The van der Waals surface area contributed by atoms with E-state index in [0.29, 0.717) is 6.42 Å². The molecule has 0 spiro atoms. The minimum atomic E-state index is -1.28. The number of imide groups is 1. The molecule has 1 heterocycles. The molecule has 0 aliphatic heterocycles. The van der Waals surface area contributed by atoms with Gasteiger partial charge in [-0.3, -0.25) is 15.1 Å². The van der Waals surface area contributed by atoms with E-state index in [1.54, 1.807) is 17.7 Å². The van der Waals surface area contributed by atoms with E-state index in [2.05, 4.69) is 4.98 Å². The molecule has 0 unspecified atom stereocenters. The maximum absolute atomic E-state index is 10.5. The Morgan fingerprint density at radius 2 is 1.88 bits per heavy atom. The van der Waals surface area contributed by atoms with Crippen molar-refractivity contribution in [2.45, 2.75) is 26.2 Å². The normalized spacial score (nSPS) is 8.56. The minimum Gasteiger partial charge on any atom is -0.465 e. The van der Waals surface area contributed by atoms with Crippen molar-refractivity contribution in [3.63, 3.8) is 0 Å². The van der Waals surface area contributed by atoms with Crippen LogP contribution in [0, 0.1) is 0 Å². The summed E-state index contributed by atoms with van der Waals surface area (Å²) in [4.78, 5) is 24.1. The molecular formula is C11H16N2O3. The molecule has 0 saturated heterocycles. The van der Waals surface area contributed by atoms with Crippen LogP contribution in [0.2, 0.25) is 0 Å². The number of carbonyl (C=O) groups excluding carboxylic acids is 1. The van der Waals surface area contributed by atoms with Crippen molar-refractivity contribution < 1.29 is 14.7 Å². The molecule has 1 rings (SSSR count). The second-order valence-corrected chi connectivity index (χ2v) is 2.98. The first-order chi connectivity index (χ1) is 7.66. The van der Waals surface area contributed by atoms with Crippen molar-refractivity contribution in [3.8, 4) is 0 Å². The van der Waals surface area contributed by atoms with Gasteiger partial charge in [0.15, 0.2) is 0 Å². The minimum absolute atomic E-state index is 0.294. The van der Waals surface area contributed by atoms with E-state index < -0.39 is 12.0 Å². The fourth-order valence-electron chi connectivity index (χ4n) is 0.832. The smallest absolute Gasteiger partial charge is 0.411 e. The molecule has 2 amide bonds. The Balaban J connectivity index is 0.000000315. The standard InChI is InChI=1S/C6H11NO3.C5H5N/c1-2-3-4-5(8)7-6(9)10;1-2-4-6-5-3-1/h2-4H2,1H3,(H,7,8)(H,9,10);1-5H. The summed E-state index contributed by atoms with van der Waals surface area (Å²) in [5.41, 5.74) is 0. The van der Waals surface area contributed by atoms with Gasteiger partial charge in [-0.15, -0.1) is 0 Å². The number of carbonyl (C=O) groups is 2. The summed E-state index contributed by atoms with van der Waals surface area (Å²) in [5, 5.41) is 9.81. The molecule has 0 aromatic carbocycles. The van der Waals surface area contributed by atoms with Crippen LogP contribution >= 0.6 is 0 Å². The predicted molar refractivity (Wildman–Crippen MR) is 59.9 cm³/mol. The second kappa shape index (κ2) is 9.64. The Hall–Kier alpha value is -1.91. The number of carboxylic acid groups (broad SMARTS) is 1. The van der Waals surface area contributed by atoms with Gasteiger partial charge in [0.2, 0.25) is 5.91 Å². The quantitative estimate of drug-likeness (QED) is 0.823. The fourth-order valence-corrected chi connectivity index (χ4v) is 0.832. The highest BCUT2D eigenvalue weighted by Crippen LogP contribution is 1.92. The van der Waals surface area contributed by atoms with Crippen LogP contribution in [0.3, 0.4) is 0 Å². The van der Waals surface area contributed by atoms with Crippen LogP contribution in [0.5, 0.6) is 0 Å². The first-order valence-corrected chi connectivity index (χ1v) is 5.04. The molecule has 0 bridgehead atoms. The maximum Gasteiger partial charge on any atom is 0.411 e. The van der Waals surface area contributed by atoms with Gasteiger partial charge in [-0.05, 0) is 18.6 Å². The summed E-state index contributed by atoms with van der Waals surface area (Å²) in [7, 11) is 0. The summed E-state index contributed by atoms with van der Waals surface area (Å²) in [6, 6.07) is 5.72. The predicted octanol–water partition coefficient (Wildman–Crippen LogP) is 2.05. The van der Waals surface area contributed by atoms with Gasteiger partial charge in [-0.1, -0.05) is 19.4 Å². The lowest BCUT2D eigenvalue weighted by molar-refractivity contribution is -0.120. The Labute approximate surface area is 94.5 Å². The van der Waals surface area contributed by atoms with E-state index in [4.69, 9.17) is 5.11 Å². The number of pyridine rings is 1. The molecule has 0 aliphatic carbocycles. The van der Waals surface area contributed by atoms with Gasteiger partial charge in [-0.2, -0.15) is 0 Å². The summed E-state index contributed by atoms with van der Waals surface area (Å²) >= 11 is 0. The first kappa shape index (κ1) is 14.1. The molecule has 5 nitrogen and oxygen atoms in total. The van der Waals surface area contributed by atoms with Crippen LogP contribution in [-0.4, -0.2) is 22.1 Å². The Kier molecular flexibility index (Phi) is 8.49. The van der Waals surface area contributed by atoms with Crippen LogP contribution in [0.25, 0.3) is 0 Å². The molecule has 0 fully saturated rings. The zero-order valence-electron chi connectivity index (χ0n) is 9.22.